The van der Waals surface area contributed by atoms with Gasteiger partial charge in [0.1, 0.15) is 6.26 Å². The van der Waals surface area contributed by atoms with E-state index in [1.165, 1.54) is 21.9 Å². The van der Waals surface area contributed by atoms with E-state index in [0.29, 0.717) is 5.89 Å². The molecule has 21 heavy (non-hydrogen) atoms. The standard InChI is InChI=1S/C19H13NO/c1-2-6-17-14(4-1)5-3-7-18(17)15-8-10-16(11-9-15)19-20-12-13-21-19/h1-13H. The van der Waals surface area contributed by atoms with Gasteiger partial charge in [-0.2, -0.15) is 0 Å². The Morgan fingerprint density at radius 3 is 2.29 bits per heavy atom. The minimum absolute atomic E-state index is 0.652. The van der Waals surface area contributed by atoms with Crippen LogP contribution in [0.3, 0.4) is 0 Å². The van der Waals surface area contributed by atoms with Crippen molar-refractivity contribution in [2.24, 2.45) is 0 Å². The number of fused-ring (bicyclic) bond motifs is 1. The second-order valence-electron chi connectivity index (χ2n) is 4.94. The molecule has 0 N–H and O–H groups in total. The van der Waals surface area contributed by atoms with E-state index in [0.717, 1.165) is 5.56 Å². The summed E-state index contributed by atoms with van der Waals surface area (Å²) in [5.74, 6) is 0.652. The van der Waals surface area contributed by atoms with Gasteiger partial charge in [-0.25, -0.2) is 4.98 Å². The first kappa shape index (κ1) is 11.9. The summed E-state index contributed by atoms with van der Waals surface area (Å²) in [6, 6.07) is 23.1. The molecule has 100 valence electrons. The number of oxazole rings is 1. The van der Waals surface area contributed by atoms with Gasteiger partial charge in [-0.3, -0.25) is 0 Å². The molecule has 0 saturated heterocycles. The van der Waals surface area contributed by atoms with E-state index in [1.54, 1.807) is 12.5 Å². The quantitative estimate of drug-likeness (QED) is 0.503. The van der Waals surface area contributed by atoms with Crippen molar-refractivity contribution >= 4 is 10.8 Å². The molecule has 0 fully saturated rings. The molecule has 4 aromatic rings. The molecule has 0 bridgehead atoms. The molecule has 1 heterocycles. The van der Waals surface area contributed by atoms with Crippen LogP contribution in [0.2, 0.25) is 0 Å². The average Bonchev–Trinajstić information content (AvgIpc) is 3.09. The Morgan fingerprint density at radius 2 is 1.48 bits per heavy atom. The number of rotatable bonds is 2. The average molecular weight is 271 g/mol. The summed E-state index contributed by atoms with van der Waals surface area (Å²) in [7, 11) is 0. The zero-order valence-corrected chi connectivity index (χ0v) is 11.4. The van der Waals surface area contributed by atoms with Crippen LogP contribution < -0.4 is 0 Å². The van der Waals surface area contributed by atoms with Crippen molar-refractivity contribution in [3.05, 3.63) is 79.2 Å². The van der Waals surface area contributed by atoms with Crippen LogP contribution in [0.1, 0.15) is 0 Å². The summed E-state index contributed by atoms with van der Waals surface area (Å²) in [5, 5.41) is 2.52. The lowest BCUT2D eigenvalue weighted by Gasteiger charge is -2.07. The van der Waals surface area contributed by atoms with Crippen molar-refractivity contribution in [3.63, 3.8) is 0 Å². The van der Waals surface area contributed by atoms with Crippen LogP contribution in [0.5, 0.6) is 0 Å². The lowest BCUT2D eigenvalue weighted by Crippen LogP contribution is -1.82. The van der Waals surface area contributed by atoms with Crippen molar-refractivity contribution in [2.45, 2.75) is 0 Å². The van der Waals surface area contributed by atoms with E-state index in [2.05, 4.69) is 59.6 Å². The number of nitrogens with zero attached hydrogens (tertiary/aromatic N) is 1. The molecule has 0 amide bonds. The van der Waals surface area contributed by atoms with Gasteiger partial charge in [-0.1, -0.05) is 54.6 Å². The lowest BCUT2D eigenvalue weighted by molar-refractivity contribution is 0.574. The highest BCUT2D eigenvalue weighted by Crippen LogP contribution is 2.30. The monoisotopic (exact) mass is 271 g/mol. The van der Waals surface area contributed by atoms with E-state index < -0.39 is 0 Å². The van der Waals surface area contributed by atoms with Gasteiger partial charge in [0.15, 0.2) is 0 Å². The number of benzene rings is 3. The topological polar surface area (TPSA) is 26.0 Å². The minimum Gasteiger partial charge on any atom is -0.445 e. The van der Waals surface area contributed by atoms with E-state index in [-0.39, 0.29) is 0 Å². The normalized spacial score (nSPS) is 10.9. The Kier molecular flexibility index (Phi) is 2.79. The smallest absolute Gasteiger partial charge is 0.225 e. The molecule has 0 aliphatic heterocycles. The van der Waals surface area contributed by atoms with Crippen molar-refractivity contribution in [3.8, 4) is 22.6 Å². The van der Waals surface area contributed by atoms with Gasteiger partial charge in [0, 0.05) is 5.56 Å². The molecule has 2 heteroatoms. The minimum atomic E-state index is 0.652. The van der Waals surface area contributed by atoms with Crippen molar-refractivity contribution in [1.82, 2.24) is 4.98 Å². The third-order valence-electron chi connectivity index (χ3n) is 3.66. The van der Waals surface area contributed by atoms with Crippen LogP contribution in [-0.4, -0.2) is 4.98 Å². The van der Waals surface area contributed by atoms with Gasteiger partial charge < -0.3 is 4.42 Å². The molecular formula is C19H13NO. The van der Waals surface area contributed by atoms with Crippen molar-refractivity contribution < 1.29 is 4.42 Å². The first-order chi connectivity index (χ1) is 10.4. The Balaban J connectivity index is 1.82. The Bertz CT molecular complexity index is 872. The number of hydrogen-bond donors (Lipinski definition) is 0. The van der Waals surface area contributed by atoms with Gasteiger partial charge in [0.2, 0.25) is 5.89 Å². The van der Waals surface area contributed by atoms with Crippen LogP contribution in [0, 0.1) is 0 Å². The Morgan fingerprint density at radius 1 is 0.714 bits per heavy atom. The largest absolute Gasteiger partial charge is 0.445 e. The first-order valence-electron chi connectivity index (χ1n) is 6.90. The zero-order chi connectivity index (χ0) is 14.1. The fraction of sp³-hybridized carbons (Fsp3) is 0. The van der Waals surface area contributed by atoms with Crippen molar-refractivity contribution in [2.75, 3.05) is 0 Å². The van der Waals surface area contributed by atoms with Gasteiger partial charge in [-0.05, 0) is 34.0 Å². The lowest BCUT2D eigenvalue weighted by atomic mass is 9.97. The zero-order valence-electron chi connectivity index (χ0n) is 11.4. The molecule has 0 aliphatic carbocycles. The summed E-state index contributed by atoms with van der Waals surface area (Å²) in [4.78, 5) is 4.17. The Hall–Kier alpha value is -2.87. The molecule has 0 radical (unpaired) electrons. The van der Waals surface area contributed by atoms with E-state index in [9.17, 15) is 0 Å². The molecule has 0 atom stereocenters. The summed E-state index contributed by atoms with van der Waals surface area (Å²) in [6.45, 7) is 0. The highest BCUT2D eigenvalue weighted by Gasteiger charge is 2.05. The van der Waals surface area contributed by atoms with Gasteiger partial charge >= 0.3 is 0 Å². The summed E-state index contributed by atoms with van der Waals surface area (Å²) >= 11 is 0. The molecule has 0 saturated carbocycles. The van der Waals surface area contributed by atoms with Gasteiger partial charge in [0.25, 0.3) is 0 Å². The fourth-order valence-corrected chi connectivity index (χ4v) is 2.64. The third kappa shape index (κ3) is 2.11. The first-order valence-corrected chi connectivity index (χ1v) is 6.90. The second kappa shape index (κ2) is 4.91. The third-order valence-corrected chi connectivity index (χ3v) is 3.66. The molecule has 4 rings (SSSR count). The van der Waals surface area contributed by atoms with E-state index >= 15 is 0 Å². The van der Waals surface area contributed by atoms with E-state index in [4.69, 9.17) is 4.42 Å². The second-order valence-corrected chi connectivity index (χ2v) is 4.94. The van der Waals surface area contributed by atoms with Gasteiger partial charge in [-0.15, -0.1) is 0 Å². The number of aromatic nitrogens is 1. The maximum absolute atomic E-state index is 5.32. The van der Waals surface area contributed by atoms with Gasteiger partial charge in [0.05, 0.1) is 6.20 Å². The van der Waals surface area contributed by atoms with Crippen LogP contribution in [0.25, 0.3) is 33.4 Å². The highest BCUT2D eigenvalue weighted by atomic mass is 16.3. The summed E-state index contributed by atoms with van der Waals surface area (Å²) in [6.07, 6.45) is 3.25. The van der Waals surface area contributed by atoms with E-state index in [1.807, 2.05) is 12.1 Å². The van der Waals surface area contributed by atoms with Crippen LogP contribution in [0.15, 0.2) is 83.6 Å². The molecule has 0 unspecified atom stereocenters. The van der Waals surface area contributed by atoms with Crippen LogP contribution in [0.4, 0.5) is 0 Å². The van der Waals surface area contributed by atoms with Crippen LogP contribution in [-0.2, 0) is 0 Å². The van der Waals surface area contributed by atoms with Crippen molar-refractivity contribution in [1.29, 1.82) is 0 Å². The maximum atomic E-state index is 5.32. The Labute approximate surface area is 122 Å². The predicted octanol–water partition coefficient (Wildman–Crippen LogP) is 5.16. The summed E-state index contributed by atoms with van der Waals surface area (Å²) in [5.41, 5.74) is 3.43. The summed E-state index contributed by atoms with van der Waals surface area (Å²) < 4.78 is 5.32. The molecule has 3 aromatic carbocycles. The van der Waals surface area contributed by atoms with Crippen LogP contribution >= 0.6 is 0 Å². The molecule has 0 aliphatic rings. The SMILES string of the molecule is c1ccc2c(-c3ccc(-c4ncco4)cc3)cccc2c1. The highest BCUT2D eigenvalue weighted by molar-refractivity contribution is 5.96. The maximum Gasteiger partial charge on any atom is 0.225 e. The molecule has 1 aromatic heterocycles. The molecule has 2 nitrogen and oxygen atoms in total. The molecule has 0 spiro atoms. The fourth-order valence-electron chi connectivity index (χ4n) is 2.64. The predicted molar refractivity (Wildman–Crippen MR) is 84.9 cm³/mol. The number of hydrogen-bond acceptors (Lipinski definition) is 2. The molecular weight excluding hydrogens is 258 g/mol.